The van der Waals surface area contributed by atoms with Gasteiger partial charge in [-0.05, 0) is 39.8 Å². The van der Waals surface area contributed by atoms with Gasteiger partial charge in [0.05, 0.1) is 11.1 Å². The van der Waals surface area contributed by atoms with Crippen molar-refractivity contribution in [3.05, 3.63) is 60.2 Å². The van der Waals surface area contributed by atoms with Crippen molar-refractivity contribution in [3.8, 4) is 0 Å². The highest BCUT2D eigenvalue weighted by molar-refractivity contribution is 5.93. The molecule has 2 rings (SSSR count). The summed E-state index contributed by atoms with van der Waals surface area (Å²) in [5.41, 5.74) is 1.47. The quantitative estimate of drug-likeness (QED) is 0.579. The Morgan fingerprint density at radius 2 is 1.21 bits per heavy atom. The number of pyridine rings is 2. The van der Waals surface area contributed by atoms with E-state index in [1.807, 2.05) is 49.1 Å². The lowest BCUT2D eigenvalue weighted by Gasteiger charge is -2.11. The van der Waals surface area contributed by atoms with Gasteiger partial charge in [-0.15, -0.1) is 0 Å². The Labute approximate surface area is 143 Å². The molecular formula is C20H26N2O2+2. The van der Waals surface area contributed by atoms with Gasteiger partial charge in [-0.3, -0.25) is 9.59 Å². The topological polar surface area (TPSA) is 41.9 Å². The average molecular weight is 326 g/mol. The van der Waals surface area contributed by atoms with Crippen LogP contribution in [0.1, 0.15) is 73.3 Å². The molecule has 0 bridgehead atoms. The van der Waals surface area contributed by atoms with Crippen LogP contribution >= 0.6 is 0 Å². The van der Waals surface area contributed by atoms with Crippen LogP contribution in [0.2, 0.25) is 0 Å². The van der Waals surface area contributed by atoms with E-state index >= 15 is 0 Å². The summed E-state index contributed by atoms with van der Waals surface area (Å²) in [6, 6.07) is 8.14. The van der Waals surface area contributed by atoms with Gasteiger partial charge in [-0.2, -0.15) is 0 Å². The molecule has 2 atom stereocenters. The first-order valence-electron chi connectivity index (χ1n) is 8.42. The van der Waals surface area contributed by atoms with E-state index in [4.69, 9.17) is 0 Å². The van der Waals surface area contributed by atoms with Gasteiger partial charge in [-0.25, -0.2) is 9.13 Å². The molecule has 0 aliphatic heterocycles. The third kappa shape index (κ3) is 4.57. The highest BCUT2D eigenvalue weighted by Crippen LogP contribution is 2.13. The minimum absolute atomic E-state index is 0.0847. The fourth-order valence-corrected chi connectivity index (χ4v) is 2.73. The molecule has 0 fully saturated rings. The summed E-state index contributed by atoms with van der Waals surface area (Å²) < 4.78 is 4.19. The molecule has 0 aromatic carbocycles. The minimum Gasteiger partial charge on any atom is -0.294 e. The van der Waals surface area contributed by atoms with E-state index in [0.717, 1.165) is 24.0 Å². The molecule has 4 heteroatoms. The third-order valence-electron chi connectivity index (χ3n) is 4.48. The number of rotatable bonds is 7. The molecular weight excluding hydrogens is 300 g/mol. The number of aromatic nitrogens is 2. The maximum atomic E-state index is 11.5. The van der Waals surface area contributed by atoms with Crippen LogP contribution in [0.4, 0.5) is 0 Å². The van der Waals surface area contributed by atoms with E-state index in [1.165, 1.54) is 0 Å². The van der Waals surface area contributed by atoms with Crippen molar-refractivity contribution >= 4 is 11.6 Å². The monoisotopic (exact) mass is 326 g/mol. The molecule has 0 N–H and O–H groups in total. The largest absolute Gasteiger partial charge is 0.294 e. The number of nitrogens with zero attached hydrogens (tertiary/aromatic N) is 2. The van der Waals surface area contributed by atoms with E-state index in [-0.39, 0.29) is 11.6 Å². The van der Waals surface area contributed by atoms with E-state index in [9.17, 15) is 9.59 Å². The lowest BCUT2D eigenvalue weighted by molar-refractivity contribution is -0.732. The van der Waals surface area contributed by atoms with Crippen molar-refractivity contribution < 1.29 is 18.7 Å². The second-order valence-corrected chi connectivity index (χ2v) is 6.47. The summed E-state index contributed by atoms with van der Waals surface area (Å²) in [6.45, 7) is 7.50. The molecule has 0 amide bonds. The zero-order valence-electron chi connectivity index (χ0n) is 14.9. The Balaban J connectivity index is 2.02. The van der Waals surface area contributed by atoms with E-state index < -0.39 is 0 Å². The minimum atomic E-state index is 0.0847. The molecule has 0 saturated heterocycles. The highest BCUT2D eigenvalue weighted by Gasteiger charge is 2.19. The summed E-state index contributed by atoms with van der Waals surface area (Å²) in [6.07, 6.45) is 9.83. The Morgan fingerprint density at radius 3 is 1.54 bits per heavy atom. The number of carbonyl (C=O) groups is 2. The molecule has 2 aromatic rings. The van der Waals surface area contributed by atoms with Gasteiger partial charge in [0, 0.05) is 25.0 Å². The van der Waals surface area contributed by atoms with Crippen molar-refractivity contribution in [2.75, 3.05) is 0 Å². The van der Waals surface area contributed by atoms with Crippen LogP contribution in [0.3, 0.4) is 0 Å². The Morgan fingerprint density at radius 1 is 0.833 bits per heavy atom. The smallest absolute Gasteiger partial charge is 0.179 e. The molecule has 0 saturated carbocycles. The van der Waals surface area contributed by atoms with Crippen LogP contribution in [0, 0.1) is 0 Å². The molecule has 4 nitrogen and oxygen atoms in total. The number of ketones is 2. The summed E-state index contributed by atoms with van der Waals surface area (Å²) in [5, 5.41) is 0. The number of carbonyl (C=O) groups excluding carboxylic acids is 2. The van der Waals surface area contributed by atoms with Crippen LogP contribution in [-0.4, -0.2) is 11.6 Å². The van der Waals surface area contributed by atoms with Crippen LogP contribution < -0.4 is 9.13 Å². The van der Waals surface area contributed by atoms with Gasteiger partial charge in [0.2, 0.25) is 0 Å². The van der Waals surface area contributed by atoms with Crippen molar-refractivity contribution in [1.29, 1.82) is 0 Å². The Hall–Kier alpha value is -2.36. The zero-order valence-corrected chi connectivity index (χ0v) is 14.9. The molecule has 24 heavy (non-hydrogen) atoms. The number of Topliss-reactive ketones (excluding diaryl/α,β-unsaturated/α-hetero) is 2. The van der Waals surface area contributed by atoms with E-state index in [2.05, 4.69) is 23.0 Å². The van der Waals surface area contributed by atoms with Gasteiger partial charge in [-0.1, -0.05) is 0 Å². The van der Waals surface area contributed by atoms with Crippen molar-refractivity contribution in [3.63, 3.8) is 0 Å². The maximum Gasteiger partial charge on any atom is 0.179 e. The van der Waals surface area contributed by atoms with Crippen LogP contribution in [0.25, 0.3) is 0 Å². The zero-order chi connectivity index (χ0) is 17.7. The molecule has 0 aliphatic carbocycles. The third-order valence-corrected chi connectivity index (χ3v) is 4.48. The fraction of sp³-hybridized carbons (Fsp3) is 0.400. The Bertz CT molecular complexity index is 676. The number of hydrogen-bond acceptors (Lipinski definition) is 2. The van der Waals surface area contributed by atoms with Crippen molar-refractivity contribution in [2.24, 2.45) is 0 Å². The molecule has 0 unspecified atom stereocenters. The van der Waals surface area contributed by atoms with E-state index in [1.54, 1.807) is 13.8 Å². The summed E-state index contributed by atoms with van der Waals surface area (Å²) in [7, 11) is 0. The van der Waals surface area contributed by atoms with Crippen molar-refractivity contribution in [2.45, 2.75) is 52.6 Å². The maximum absolute atomic E-state index is 11.5. The van der Waals surface area contributed by atoms with Gasteiger partial charge in [0.15, 0.2) is 48.4 Å². The lowest BCUT2D eigenvalue weighted by atomic mass is 10.1. The molecule has 0 aliphatic rings. The standard InChI is InChI=1S/C20H26N2O2/c1-15(21-11-5-7-19(13-21)17(3)23)9-10-16(2)22-12-6-8-20(14-22)18(4)24/h5-8,11-16H,9-10H2,1-4H3/q+2/t15-,16+. The first kappa shape index (κ1) is 18.0. The van der Waals surface area contributed by atoms with Gasteiger partial charge in [0.1, 0.15) is 0 Å². The summed E-state index contributed by atoms with van der Waals surface area (Å²) >= 11 is 0. The lowest BCUT2D eigenvalue weighted by Crippen LogP contribution is -2.41. The predicted molar refractivity (Wildman–Crippen MR) is 91.9 cm³/mol. The van der Waals surface area contributed by atoms with Gasteiger partial charge < -0.3 is 0 Å². The summed E-state index contributed by atoms with van der Waals surface area (Å²) in [5.74, 6) is 0.169. The SMILES string of the molecule is CC(=O)c1ccc[n+]([C@H](C)CC[C@H](C)[n+]2cccc(C(C)=O)c2)c1. The van der Waals surface area contributed by atoms with Crippen molar-refractivity contribution in [1.82, 2.24) is 0 Å². The van der Waals surface area contributed by atoms with E-state index in [0.29, 0.717) is 12.1 Å². The normalized spacial score (nSPS) is 13.3. The highest BCUT2D eigenvalue weighted by atomic mass is 16.1. The second kappa shape index (κ2) is 7.95. The summed E-state index contributed by atoms with van der Waals surface area (Å²) in [4.78, 5) is 23.0. The average Bonchev–Trinajstić information content (AvgIpc) is 2.59. The first-order valence-corrected chi connectivity index (χ1v) is 8.42. The molecule has 2 heterocycles. The first-order chi connectivity index (χ1) is 11.4. The molecule has 0 radical (unpaired) electrons. The molecule has 126 valence electrons. The van der Waals surface area contributed by atoms with Crippen LogP contribution in [0.5, 0.6) is 0 Å². The van der Waals surface area contributed by atoms with Crippen LogP contribution in [-0.2, 0) is 0 Å². The predicted octanol–water partition coefficient (Wildman–Crippen LogP) is 3.27. The Kier molecular flexibility index (Phi) is 5.96. The van der Waals surface area contributed by atoms with Gasteiger partial charge in [0.25, 0.3) is 0 Å². The van der Waals surface area contributed by atoms with Gasteiger partial charge >= 0.3 is 0 Å². The molecule has 2 aromatic heterocycles. The second-order valence-electron chi connectivity index (χ2n) is 6.47. The van der Waals surface area contributed by atoms with Crippen LogP contribution in [0.15, 0.2) is 49.1 Å². The molecule has 0 spiro atoms. The number of hydrogen-bond donors (Lipinski definition) is 0. The fourth-order valence-electron chi connectivity index (χ4n) is 2.73.